The van der Waals surface area contributed by atoms with Gasteiger partial charge in [0.05, 0.1) is 18.3 Å². The molecule has 1 aliphatic carbocycles. The van der Waals surface area contributed by atoms with Crippen LogP contribution in [0.4, 0.5) is 5.69 Å². The summed E-state index contributed by atoms with van der Waals surface area (Å²) in [5, 5.41) is 0. The first-order valence-corrected chi connectivity index (χ1v) is 17.1. The van der Waals surface area contributed by atoms with E-state index in [4.69, 9.17) is 16.4 Å². The van der Waals surface area contributed by atoms with Gasteiger partial charge in [0, 0.05) is 29.4 Å². The Kier molecular flexibility index (Phi) is 16.5. The van der Waals surface area contributed by atoms with Gasteiger partial charge in [-0.2, -0.15) is 0 Å². The molecular formula is C47H51N3. The molecule has 2 aromatic carbocycles. The van der Waals surface area contributed by atoms with Crippen LogP contribution in [0.5, 0.6) is 0 Å². The molecule has 3 nitrogen and oxygen atoms in total. The Bertz CT molecular complexity index is 1840. The van der Waals surface area contributed by atoms with Crippen molar-refractivity contribution in [1.29, 1.82) is 0 Å². The summed E-state index contributed by atoms with van der Waals surface area (Å²) in [7, 11) is 1.85. The topological polar surface area (TPSA) is 28.0 Å². The second kappa shape index (κ2) is 21.3. The zero-order chi connectivity index (χ0) is 36.1. The Morgan fingerprint density at radius 3 is 2.30 bits per heavy atom. The lowest BCUT2D eigenvalue weighted by Crippen LogP contribution is -2.39. The van der Waals surface area contributed by atoms with E-state index in [1.54, 1.807) is 12.2 Å². The van der Waals surface area contributed by atoms with E-state index in [2.05, 4.69) is 136 Å². The summed E-state index contributed by atoms with van der Waals surface area (Å²) in [6.07, 6.45) is 37.7. The third-order valence-electron chi connectivity index (χ3n) is 8.17. The van der Waals surface area contributed by atoms with Crippen molar-refractivity contribution in [3.63, 3.8) is 0 Å². The second-order valence-corrected chi connectivity index (χ2v) is 11.7. The number of amidine groups is 1. The molecule has 3 rings (SSSR count). The smallest absolute Gasteiger partial charge is 0.135 e. The van der Waals surface area contributed by atoms with Gasteiger partial charge in [0.15, 0.2) is 0 Å². The average molecular weight is 658 g/mol. The summed E-state index contributed by atoms with van der Waals surface area (Å²) in [6, 6.07) is 19.1. The zero-order valence-electron chi connectivity index (χ0n) is 30.4. The SMILES string of the molecule is C#C/C=C\C1=C(C)C=CC(=C(/C/C=C\C)c2ccc(/C(=N/C)N(c3ccccc3)C(C=C)C/C=C\C=C/C)cc2)/C1=N\C/C(C)=C/C=C\C=C. The molecule has 0 radical (unpaired) electrons. The number of rotatable bonds is 15. The highest BCUT2D eigenvalue weighted by Gasteiger charge is 2.23. The number of hydrogen-bond acceptors (Lipinski definition) is 2. The molecule has 1 unspecified atom stereocenters. The monoisotopic (exact) mass is 657 g/mol. The lowest BCUT2D eigenvalue weighted by atomic mass is 9.85. The first-order valence-electron chi connectivity index (χ1n) is 17.1. The molecule has 0 saturated heterocycles. The number of anilines is 1. The van der Waals surface area contributed by atoms with Crippen LogP contribution in [-0.2, 0) is 0 Å². The van der Waals surface area contributed by atoms with Crippen LogP contribution >= 0.6 is 0 Å². The first kappa shape index (κ1) is 38.7. The lowest BCUT2D eigenvalue weighted by molar-refractivity contribution is 0.809. The maximum Gasteiger partial charge on any atom is 0.135 e. The van der Waals surface area contributed by atoms with Crippen molar-refractivity contribution >= 4 is 22.8 Å². The molecule has 0 aromatic heterocycles. The van der Waals surface area contributed by atoms with E-state index in [9.17, 15) is 0 Å². The highest BCUT2D eigenvalue weighted by Crippen LogP contribution is 2.32. The maximum atomic E-state index is 5.66. The van der Waals surface area contributed by atoms with Crippen molar-refractivity contribution in [3.05, 3.63) is 192 Å². The maximum absolute atomic E-state index is 5.66. The van der Waals surface area contributed by atoms with Gasteiger partial charge in [-0.3, -0.25) is 9.98 Å². The van der Waals surface area contributed by atoms with Gasteiger partial charge in [0.2, 0.25) is 0 Å². The van der Waals surface area contributed by atoms with Gasteiger partial charge >= 0.3 is 0 Å². The summed E-state index contributed by atoms with van der Waals surface area (Å²) >= 11 is 0. The molecule has 0 amide bonds. The third kappa shape index (κ3) is 10.9. The number of para-hydroxylation sites is 1. The summed E-state index contributed by atoms with van der Waals surface area (Å²) in [5.41, 5.74) is 9.71. The van der Waals surface area contributed by atoms with Crippen LogP contribution in [0.15, 0.2) is 191 Å². The van der Waals surface area contributed by atoms with Gasteiger partial charge in [0.25, 0.3) is 0 Å². The van der Waals surface area contributed by atoms with Gasteiger partial charge in [-0.1, -0.05) is 140 Å². The standard InChI is InChI=1S/C47H51N3/c1-9-14-18-21-25-41(13-5)50(42-26-22-19-23-27-42)47(48-8)40-33-31-39(32-34-40)44(29-17-12-4)45-35-30-38(7)43(28-16-11-3)46(45)49-36-37(6)24-20-15-10-2/h3,9-10,12-24,26-28,30-35,41H,2,5,25,29,36H2,1,4,6-8H3/b14-9-,17-12-,20-15-,21-18-,28-16-,37-24+,45-44+,48-47-,49-46-. The largest absolute Gasteiger partial charge is 0.319 e. The molecule has 1 atom stereocenters. The predicted molar refractivity (Wildman–Crippen MR) is 222 cm³/mol. The fourth-order valence-corrected chi connectivity index (χ4v) is 5.61. The van der Waals surface area contributed by atoms with Crippen LogP contribution in [0.2, 0.25) is 0 Å². The molecule has 50 heavy (non-hydrogen) atoms. The van der Waals surface area contributed by atoms with Crippen molar-refractivity contribution in [1.82, 2.24) is 0 Å². The fraction of sp³-hybridized carbons (Fsp3) is 0.191. The van der Waals surface area contributed by atoms with E-state index in [0.717, 1.165) is 63.5 Å². The van der Waals surface area contributed by atoms with Crippen LogP contribution in [0.3, 0.4) is 0 Å². The quantitative estimate of drug-likeness (QED) is 0.0616. The minimum Gasteiger partial charge on any atom is -0.319 e. The molecule has 0 bridgehead atoms. The Hall–Kier alpha value is -5.72. The molecule has 0 saturated carbocycles. The van der Waals surface area contributed by atoms with E-state index in [1.165, 1.54) is 5.57 Å². The Labute approximate surface area is 301 Å². The number of hydrogen-bond donors (Lipinski definition) is 0. The van der Waals surface area contributed by atoms with E-state index >= 15 is 0 Å². The number of terminal acetylenes is 1. The van der Waals surface area contributed by atoms with E-state index in [0.29, 0.717) is 6.54 Å². The molecule has 0 fully saturated rings. The third-order valence-corrected chi connectivity index (χ3v) is 8.17. The zero-order valence-corrected chi connectivity index (χ0v) is 30.4. The minimum atomic E-state index is 0.00470. The summed E-state index contributed by atoms with van der Waals surface area (Å²) in [6.45, 7) is 16.8. The Morgan fingerprint density at radius 2 is 1.66 bits per heavy atom. The number of allylic oxidation sites excluding steroid dienone is 17. The Balaban J connectivity index is 2.17. The van der Waals surface area contributed by atoms with Crippen molar-refractivity contribution in [2.45, 2.75) is 46.6 Å². The number of benzene rings is 2. The molecule has 0 aliphatic heterocycles. The normalized spacial score (nSPS) is 16.8. The van der Waals surface area contributed by atoms with Gasteiger partial charge < -0.3 is 4.90 Å². The van der Waals surface area contributed by atoms with Crippen LogP contribution in [0.25, 0.3) is 5.57 Å². The number of nitrogens with zero attached hydrogens (tertiary/aromatic N) is 3. The number of aliphatic imine (C=N–C) groups is 2. The molecule has 0 N–H and O–H groups in total. The summed E-state index contributed by atoms with van der Waals surface area (Å²) in [4.78, 5) is 12.3. The molecule has 254 valence electrons. The van der Waals surface area contributed by atoms with E-state index in [-0.39, 0.29) is 6.04 Å². The highest BCUT2D eigenvalue weighted by atomic mass is 15.2. The molecule has 0 heterocycles. The van der Waals surface area contributed by atoms with Crippen LogP contribution in [0.1, 0.15) is 51.7 Å². The van der Waals surface area contributed by atoms with Crippen molar-refractivity contribution in [2.75, 3.05) is 18.5 Å². The molecule has 2 aromatic rings. The molecule has 0 spiro atoms. The predicted octanol–water partition coefficient (Wildman–Crippen LogP) is 11.6. The van der Waals surface area contributed by atoms with Crippen molar-refractivity contribution in [2.24, 2.45) is 9.98 Å². The first-order chi connectivity index (χ1) is 24.4. The summed E-state index contributed by atoms with van der Waals surface area (Å²) in [5.74, 6) is 3.54. The van der Waals surface area contributed by atoms with Crippen molar-refractivity contribution in [3.8, 4) is 12.3 Å². The van der Waals surface area contributed by atoms with E-state index in [1.807, 2.05) is 56.5 Å². The van der Waals surface area contributed by atoms with Gasteiger partial charge in [0.1, 0.15) is 5.84 Å². The molecule has 3 heteroatoms. The van der Waals surface area contributed by atoms with Crippen LogP contribution < -0.4 is 4.90 Å². The molecular weight excluding hydrogens is 607 g/mol. The Morgan fingerprint density at radius 1 is 0.920 bits per heavy atom. The lowest BCUT2D eigenvalue weighted by Gasteiger charge is -2.32. The van der Waals surface area contributed by atoms with E-state index < -0.39 is 0 Å². The van der Waals surface area contributed by atoms with Gasteiger partial charge in [-0.25, -0.2) is 0 Å². The summed E-state index contributed by atoms with van der Waals surface area (Å²) < 4.78 is 0. The van der Waals surface area contributed by atoms with Crippen LogP contribution in [0, 0.1) is 12.3 Å². The molecule has 1 aliphatic rings. The minimum absolute atomic E-state index is 0.00470. The van der Waals surface area contributed by atoms with Crippen LogP contribution in [-0.4, -0.2) is 31.2 Å². The van der Waals surface area contributed by atoms with Crippen molar-refractivity contribution < 1.29 is 0 Å². The highest BCUT2D eigenvalue weighted by molar-refractivity contribution is 6.21. The second-order valence-electron chi connectivity index (χ2n) is 11.7. The van der Waals surface area contributed by atoms with Gasteiger partial charge in [-0.15, -0.1) is 13.0 Å². The fourth-order valence-electron chi connectivity index (χ4n) is 5.61. The van der Waals surface area contributed by atoms with Gasteiger partial charge in [-0.05, 0) is 81.5 Å². The average Bonchev–Trinajstić information content (AvgIpc) is 3.14.